The van der Waals surface area contributed by atoms with Crippen molar-refractivity contribution in [2.24, 2.45) is 0 Å². The summed E-state index contributed by atoms with van der Waals surface area (Å²) in [5.74, 6) is 2.10. The van der Waals surface area contributed by atoms with Crippen molar-refractivity contribution in [3.8, 4) is 11.5 Å². The van der Waals surface area contributed by atoms with Crippen LogP contribution in [0, 0.1) is 0 Å². The first-order valence-corrected chi connectivity index (χ1v) is 9.02. The van der Waals surface area contributed by atoms with E-state index in [2.05, 4.69) is 13.8 Å². The molecule has 0 N–H and O–H groups in total. The van der Waals surface area contributed by atoms with Gasteiger partial charge in [-0.3, -0.25) is 4.79 Å². The number of nitrogens with zero attached hydrogens (tertiary/aromatic N) is 1. The summed E-state index contributed by atoms with van der Waals surface area (Å²) < 4.78 is 11.3. The molecule has 0 saturated carbocycles. The monoisotopic (exact) mass is 341 g/mol. The van der Waals surface area contributed by atoms with Gasteiger partial charge in [0, 0.05) is 35.6 Å². The van der Waals surface area contributed by atoms with Crippen LogP contribution in [0.2, 0.25) is 5.02 Å². The van der Waals surface area contributed by atoms with Crippen LogP contribution in [0.3, 0.4) is 0 Å². The molecule has 3 rings (SSSR count). The van der Waals surface area contributed by atoms with E-state index in [1.807, 2.05) is 16.7 Å². The molecular weight excluding hydrogens is 322 g/mol. The van der Waals surface area contributed by atoms with Gasteiger partial charge in [-0.15, -0.1) is 0 Å². The fourth-order valence-electron chi connectivity index (χ4n) is 2.74. The lowest BCUT2D eigenvalue weighted by Crippen LogP contribution is -2.47. The number of rotatable bonds is 1. The Morgan fingerprint density at radius 1 is 1.32 bits per heavy atom. The summed E-state index contributed by atoms with van der Waals surface area (Å²) in [6, 6.07) is 3.66. The number of fused-ring (bicyclic) bond motifs is 1. The van der Waals surface area contributed by atoms with Gasteiger partial charge in [-0.1, -0.05) is 18.5 Å². The molecule has 1 aromatic carbocycles. The average Bonchev–Trinajstić information content (AvgIpc) is 2.75. The van der Waals surface area contributed by atoms with Crippen LogP contribution in [-0.2, 0) is 0 Å². The molecule has 0 aromatic heterocycles. The van der Waals surface area contributed by atoms with Gasteiger partial charge in [0.25, 0.3) is 5.91 Å². The predicted molar refractivity (Wildman–Crippen MR) is 89.5 cm³/mol. The summed E-state index contributed by atoms with van der Waals surface area (Å²) in [5.41, 5.74) is 0.570. The first-order chi connectivity index (χ1) is 10.6. The second-order valence-electron chi connectivity index (χ2n) is 5.65. The number of benzene rings is 1. The highest BCUT2D eigenvalue weighted by Gasteiger charge is 2.30. The van der Waals surface area contributed by atoms with Crippen LogP contribution >= 0.6 is 23.4 Å². The number of halogens is 1. The molecule has 1 aromatic rings. The van der Waals surface area contributed by atoms with Crippen molar-refractivity contribution in [3.63, 3.8) is 0 Å². The standard InChI is InChI=1S/C16H20ClNO3S/c1-10-11(2)22-7-4-18(10)16(19)12-8-13(17)15-14(9-12)20-5-3-6-21-15/h8-11H,3-7H2,1-2H3/t10-,11+/m1/s1. The summed E-state index contributed by atoms with van der Waals surface area (Å²) in [4.78, 5) is 14.8. The first kappa shape index (κ1) is 15.8. The quantitative estimate of drug-likeness (QED) is 0.784. The Hall–Kier alpha value is -1.07. The molecule has 6 heteroatoms. The Bertz CT molecular complexity index is 581. The van der Waals surface area contributed by atoms with Gasteiger partial charge in [-0.05, 0) is 19.1 Å². The van der Waals surface area contributed by atoms with E-state index < -0.39 is 0 Å². The van der Waals surface area contributed by atoms with Gasteiger partial charge < -0.3 is 14.4 Å². The Balaban J connectivity index is 1.89. The van der Waals surface area contributed by atoms with Gasteiger partial charge in [0.2, 0.25) is 0 Å². The maximum Gasteiger partial charge on any atom is 0.254 e. The number of thioether (sulfide) groups is 1. The molecule has 1 amide bonds. The SMILES string of the molecule is C[C@@H]1SCCN(C(=O)c2cc(Cl)c3c(c2)OCCCO3)[C@@H]1C. The van der Waals surface area contributed by atoms with Crippen LogP contribution in [0.25, 0.3) is 0 Å². The van der Waals surface area contributed by atoms with Crippen LogP contribution < -0.4 is 9.47 Å². The second kappa shape index (κ2) is 6.59. The molecular formula is C16H20ClNO3S. The second-order valence-corrected chi connectivity index (χ2v) is 7.54. The molecule has 0 spiro atoms. The largest absolute Gasteiger partial charge is 0.489 e. The van der Waals surface area contributed by atoms with Crippen molar-refractivity contribution in [2.75, 3.05) is 25.5 Å². The molecule has 4 nitrogen and oxygen atoms in total. The van der Waals surface area contributed by atoms with Crippen molar-refractivity contribution in [1.29, 1.82) is 0 Å². The topological polar surface area (TPSA) is 38.8 Å². The minimum atomic E-state index is 0.0113. The van der Waals surface area contributed by atoms with Crippen molar-refractivity contribution in [1.82, 2.24) is 4.90 Å². The lowest BCUT2D eigenvalue weighted by molar-refractivity contribution is 0.0697. The fourth-order valence-corrected chi connectivity index (χ4v) is 4.10. The molecule has 1 saturated heterocycles. The van der Waals surface area contributed by atoms with Crippen LogP contribution in [0.1, 0.15) is 30.6 Å². The zero-order valence-electron chi connectivity index (χ0n) is 12.8. The van der Waals surface area contributed by atoms with E-state index in [4.69, 9.17) is 21.1 Å². The lowest BCUT2D eigenvalue weighted by Gasteiger charge is -2.37. The van der Waals surface area contributed by atoms with Gasteiger partial charge in [-0.2, -0.15) is 11.8 Å². The average molecular weight is 342 g/mol. The zero-order valence-corrected chi connectivity index (χ0v) is 14.4. The molecule has 1 fully saturated rings. The van der Waals surface area contributed by atoms with E-state index in [0.717, 1.165) is 18.7 Å². The van der Waals surface area contributed by atoms with Gasteiger partial charge >= 0.3 is 0 Å². The number of ether oxygens (including phenoxy) is 2. The molecule has 0 aliphatic carbocycles. The van der Waals surface area contributed by atoms with Crippen LogP contribution in [0.15, 0.2) is 12.1 Å². The summed E-state index contributed by atoms with van der Waals surface area (Å²) in [6.07, 6.45) is 0.812. The number of hydrogen-bond acceptors (Lipinski definition) is 4. The Morgan fingerprint density at radius 3 is 2.91 bits per heavy atom. The number of carbonyl (C=O) groups excluding carboxylic acids is 1. The maximum atomic E-state index is 12.8. The molecule has 0 unspecified atom stereocenters. The van der Waals surface area contributed by atoms with Gasteiger partial charge in [0.05, 0.1) is 18.2 Å². The highest BCUT2D eigenvalue weighted by Crippen LogP contribution is 2.38. The number of carbonyl (C=O) groups is 1. The van der Waals surface area contributed by atoms with Crippen LogP contribution in [0.4, 0.5) is 0 Å². The summed E-state index contributed by atoms with van der Waals surface area (Å²) in [7, 11) is 0. The van der Waals surface area contributed by atoms with E-state index in [-0.39, 0.29) is 11.9 Å². The normalized spacial score (nSPS) is 24.8. The smallest absolute Gasteiger partial charge is 0.254 e. The minimum absolute atomic E-state index is 0.0113. The van der Waals surface area contributed by atoms with Gasteiger partial charge in [-0.25, -0.2) is 0 Å². The summed E-state index contributed by atoms with van der Waals surface area (Å²) in [6.45, 7) is 6.18. The van der Waals surface area contributed by atoms with Crippen molar-refractivity contribution < 1.29 is 14.3 Å². The molecule has 0 radical (unpaired) electrons. The molecule has 2 atom stereocenters. The minimum Gasteiger partial charge on any atom is -0.489 e. The van der Waals surface area contributed by atoms with Crippen LogP contribution in [0.5, 0.6) is 11.5 Å². The zero-order chi connectivity index (χ0) is 15.7. The number of hydrogen-bond donors (Lipinski definition) is 0. The van der Waals surface area contributed by atoms with E-state index in [0.29, 0.717) is 40.5 Å². The van der Waals surface area contributed by atoms with E-state index in [1.54, 1.807) is 12.1 Å². The van der Waals surface area contributed by atoms with E-state index in [1.165, 1.54) is 0 Å². The highest BCUT2D eigenvalue weighted by molar-refractivity contribution is 8.00. The van der Waals surface area contributed by atoms with Gasteiger partial charge in [0.15, 0.2) is 11.5 Å². The molecule has 120 valence electrons. The maximum absolute atomic E-state index is 12.8. The third-order valence-electron chi connectivity index (χ3n) is 4.19. The third-order valence-corrected chi connectivity index (χ3v) is 5.81. The Kier molecular flexibility index (Phi) is 4.73. The molecule has 2 aliphatic heterocycles. The molecule has 2 aliphatic rings. The summed E-state index contributed by atoms with van der Waals surface area (Å²) in [5, 5.41) is 0.878. The first-order valence-electron chi connectivity index (χ1n) is 7.59. The Morgan fingerprint density at radius 2 is 2.09 bits per heavy atom. The number of amides is 1. The van der Waals surface area contributed by atoms with Crippen molar-refractivity contribution in [3.05, 3.63) is 22.7 Å². The van der Waals surface area contributed by atoms with Crippen molar-refractivity contribution in [2.45, 2.75) is 31.6 Å². The lowest BCUT2D eigenvalue weighted by atomic mass is 10.1. The Labute approximate surface area is 140 Å². The molecule has 22 heavy (non-hydrogen) atoms. The fraction of sp³-hybridized carbons (Fsp3) is 0.562. The predicted octanol–water partition coefficient (Wildman–Crippen LogP) is 3.47. The van der Waals surface area contributed by atoms with E-state index in [9.17, 15) is 4.79 Å². The van der Waals surface area contributed by atoms with Gasteiger partial charge in [0.1, 0.15) is 0 Å². The molecule has 0 bridgehead atoms. The third kappa shape index (κ3) is 3.01. The highest BCUT2D eigenvalue weighted by atomic mass is 35.5. The van der Waals surface area contributed by atoms with Crippen LogP contribution in [-0.4, -0.2) is 47.6 Å². The summed E-state index contributed by atoms with van der Waals surface area (Å²) >= 11 is 8.19. The van der Waals surface area contributed by atoms with Crippen molar-refractivity contribution >= 4 is 29.3 Å². The molecule has 2 heterocycles. The van der Waals surface area contributed by atoms with E-state index >= 15 is 0 Å².